The molecule has 1 N–H and O–H groups in total. The maximum absolute atomic E-state index is 12.5. The van der Waals surface area contributed by atoms with Crippen molar-refractivity contribution in [1.29, 1.82) is 0 Å². The lowest BCUT2D eigenvalue weighted by Gasteiger charge is -2.15. The van der Waals surface area contributed by atoms with Gasteiger partial charge in [-0.25, -0.2) is 9.67 Å². The van der Waals surface area contributed by atoms with Crippen molar-refractivity contribution in [2.75, 3.05) is 0 Å². The minimum Gasteiger partial charge on any atom is -0.489 e. The van der Waals surface area contributed by atoms with Crippen LogP contribution in [0.3, 0.4) is 0 Å². The van der Waals surface area contributed by atoms with Crippen molar-refractivity contribution in [3.8, 4) is 11.4 Å². The molecule has 164 valence electrons. The zero-order chi connectivity index (χ0) is 22.5. The van der Waals surface area contributed by atoms with Crippen molar-refractivity contribution in [1.82, 2.24) is 25.2 Å². The van der Waals surface area contributed by atoms with E-state index in [0.717, 1.165) is 39.6 Å². The van der Waals surface area contributed by atoms with Crippen molar-refractivity contribution in [2.24, 2.45) is 0 Å². The van der Waals surface area contributed by atoms with Crippen molar-refractivity contribution in [2.45, 2.75) is 39.8 Å². The van der Waals surface area contributed by atoms with Gasteiger partial charge in [-0.05, 0) is 56.2 Å². The Morgan fingerprint density at radius 2 is 1.88 bits per heavy atom. The Hall–Kier alpha value is -3.94. The SMILES string of the molecule is Cc1noc(C)c1COc1ccc(CC(=O)N[C@@H](C)c2ccc(-n3cncn3)cc2)cc1. The number of aromatic nitrogens is 4. The third-order valence-corrected chi connectivity index (χ3v) is 5.31. The normalized spacial score (nSPS) is 11.8. The van der Waals surface area contributed by atoms with E-state index < -0.39 is 0 Å². The highest BCUT2D eigenvalue weighted by molar-refractivity contribution is 5.79. The summed E-state index contributed by atoms with van der Waals surface area (Å²) in [5, 5.41) is 11.1. The first kappa shape index (κ1) is 21.3. The molecule has 0 aliphatic heterocycles. The lowest BCUT2D eigenvalue weighted by atomic mass is 10.1. The fourth-order valence-electron chi connectivity index (χ4n) is 3.39. The molecule has 0 aliphatic carbocycles. The molecule has 1 amide bonds. The molecule has 2 aromatic carbocycles. The summed E-state index contributed by atoms with van der Waals surface area (Å²) in [5.74, 6) is 1.45. The predicted molar refractivity (Wildman–Crippen MR) is 118 cm³/mol. The van der Waals surface area contributed by atoms with Crippen LogP contribution >= 0.6 is 0 Å². The molecule has 0 saturated carbocycles. The lowest BCUT2D eigenvalue weighted by molar-refractivity contribution is -0.121. The number of nitrogens with zero attached hydrogens (tertiary/aromatic N) is 4. The third kappa shape index (κ3) is 5.03. The molecule has 2 aromatic heterocycles. The molecule has 8 nitrogen and oxygen atoms in total. The van der Waals surface area contributed by atoms with Gasteiger partial charge in [-0.15, -0.1) is 0 Å². The first-order chi connectivity index (χ1) is 15.5. The van der Waals surface area contributed by atoms with Crippen molar-refractivity contribution < 1.29 is 14.1 Å². The van der Waals surface area contributed by atoms with Gasteiger partial charge in [0.2, 0.25) is 5.91 Å². The molecule has 0 fully saturated rings. The highest BCUT2D eigenvalue weighted by Crippen LogP contribution is 2.19. The van der Waals surface area contributed by atoms with Crippen LogP contribution in [0.1, 0.15) is 41.1 Å². The Labute approximate surface area is 186 Å². The van der Waals surface area contributed by atoms with E-state index in [1.54, 1.807) is 11.0 Å². The quantitative estimate of drug-likeness (QED) is 0.455. The van der Waals surface area contributed by atoms with Gasteiger partial charge in [-0.1, -0.05) is 29.4 Å². The van der Waals surface area contributed by atoms with Gasteiger partial charge in [-0.3, -0.25) is 4.79 Å². The highest BCUT2D eigenvalue weighted by Gasteiger charge is 2.12. The summed E-state index contributed by atoms with van der Waals surface area (Å²) < 4.78 is 12.7. The zero-order valence-corrected chi connectivity index (χ0v) is 18.3. The number of amides is 1. The maximum Gasteiger partial charge on any atom is 0.224 e. The molecule has 4 aromatic rings. The van der Waals surface area contributed by atoms with Gasteiger partial charge in [0.1, 0.15) is 30.8 Å². The summed E-state index contributed by atoms with van der Waals surface area (Å²) in [5.41, 5.74) is 4.64. The second-order valence-electron chi connectivity index (χ2n) is 7.63. The summed E-state index contributed by atoms with van der Waals surface area (Å²) >= 11 is 0. The topological polar surface area (TPSA) is 95.1 Å². The molecular weight excluding hydrogens is 406 g/mol. The van der Waals surface area contributed by atoms with Crippen LogP contribution < -0.4 is 10.1 Å². The predicted octanol–water partition coefficient (Wildman–Crippen LogP) is 3.87. The number of hydrogen-bond acceptors (Lipinski definition) is 6. The molecular formula is C24H25N5O3. The van der Waals surface area contributed by atoms with Crippen molar-refractivity contribution in [3.63, 3.8) is 0 Å². The van der Waals surface area contributed by atoms with Gasteiger partial charge in [0.05, 0.1) is 29.4 Å². The minimum absolute atomic E-state index is 0.0396. The summed E-state index contributed by atoms with van der Waals surface area (Å²) in [6.45, 7) is 6.12. The molecule has 0 aliphatic rings. The van der Waals surface area contributed by atoms with Gasteiger partial charge < -0.3 is 14.6 Å². The molecule has 0 spiro atoms. The van der Waals surface area contributed by atoms with E-state index in [9.17, 15) is 4.79 Å². The van der Waals surface area contributed by atoms with Crippen LogP contribution in [0.25, 0.3) is 5.69 Å². The smallest absolute Gasteiger partial charge is 0.224 e. The maximum atomic E-state index is 12.5. The standard InChI is InChI=1S/C24H25N5O3/c1-16(20-6-8-21(9-7-20)29-15-25-14-26-29)27-24(30)12-19-4-10-22(11-5-19)31-13-23-17(2)28-32-18(23)3/h4-11,14-16H,12-13H2,1-3H3,(H,27,30)/t16-/m0/s1. The molecule has 4 rings (SSSR count). The van der Waals surface area contributed by atoms with Crippen LogP contribution in [0.2, 0.25) is 0 Å². The summed E-state index contributed by atoms with van der Waals surface area (Å²) in [4.78, 5) is 16.5. The Morgan fingerprint density at radius 3 is 2.50 bits per heavy atom. The molecule has 0 saturated heterocycles. The van der Waals surface area contributed by atoms with Gasteiger partial charge >= 0.3 is 0 Å². The van der Waals surface area contributed by atoms with E-state index in [2.05, 4.69) is 20.6 Å². The van der Waals surface area contributed by atoms with E-state index in [1.807, 2.05) is 69.3 Å². The van der Waals surface area contributed by atoms with Gasteiger partial charge in [0, 0.05) is 0 Å². The van der Waals surface area contributed by atoms with Crippen molar-refractivity contribution >= 4 is 5.91 Å². The molecule has 2 heterocycles. The Bertz CT molecular complexity index is 1150. The third-order valence-electron chi connectivity index (χ3n) is 5.31. The fraction of sp³-hybridized carbons (Fsp3) is 0.250. The summed E-state index contributed by atoms with van der Waals surface area (Å²) in [6.07, 6.45) is 3.44. The molecule has 32 heavy (non-hydrogen) atoms. The van der Waals surface area contributed by atoms with Gasteiger partial charge in [-0.2, -0.15) is 5.10 Å². The van der Waals surface area contributed by atoms with E-state index >= 15 is 0 Å². The second-order valence-corrected chi connectivity index (χ2v) is 7.63. The number of ether oxygens (including phenoxy) is 1. The van der Waals surface area contributed by atoms with Crippen LogP contribution in [-0.4, -0.2) is 25.8 Å². The first-order valence-electron chi connectivity index (χ1n) is 10.4. The number of rotatable bonds is 8. The van der Waals surface area contributed by atoms with Crippen LogP contribution in [0.5, 0.6) is 5.75 Å². The first-order valence-corrected chi connectivity index (χ1v) is 10.4. The average molecular weight is 431 g/mol. The van der Waals surface area contributed by atoms with Crippen LogP contribution in [-0.2, 0) is 17.8 Å². The molecule has 0 radical (unpaired) electrons. The monoisotopic (exact) mass is 431 g/mol. The number of aryl methyl sites for hydroxylation is 2. The molecule has 0 unspecified atom stereocenters. The largest absolute Gasteiger partial charge is 0.489 e. The number of nitrogens with one attached hydrogen (secondary N) is 1. The summed E-state index contributed by atoms with van der Waals surface area (Å²) in [7, 11) is 0. The Kier molecular flexibility index (Phi) is 6.30. The molecule has 0 bridgehead atoms. The van der Waals surface area contributed by atoms with Crippen LogP contribution in [0, 0.1) is 13.8 Å². The fourth-order valence-corrected chi connectivity index (χ4v) is 3.39. The Morgan fingerprint density at radius 1 is 1.12 bits per heavy atom. The van der Waals surface area contributed by atoms with Crippen molar-refractivity contribution in [3.05, 3.63) is 89.3 Å². The number of hydrogen-bond donors (Lipinski definition) is 1. The minimum atomic E-state index is -0.107. The lowest BCUT2D eigenvalue weighted by Crippen LogP contribution is -2.28. The van der Waals surface area contributed by atoms with Gasteiger partial charge in [0.15, 0.2) is 0 Å². The second kappa shape index (κ2) is 9.47. The van der Waals surface area contributed by atoms with Crippen LogP contribution in [0.4, 0.5) is 0 Å². The number of carbonyl (C=O) groups is 1. The molecule has 8 heteroatoms. The zero-order valence-electron chi connectivity index (χ0n) is 18.3. The van der Waals surface area contributed by atoms with Crippen LogP contribution in [0.15, 0.2) is 65.7 Å². The number of carbonyl (C=O) groups excluding carboxylic acids is 1. The van der Waals surface area contributed by atoms with Gasteiger partial charge in [0.25, 0.3) is 0 Å². The highest BCUT2D eigenvalue weighted by atomic mass is 16.5. The molecule has 1 atom stereocenters. The van der Waals surface area contributed by atoms with E-state index in [4.69, 9.17) is 9.26 Å². The van der Waals surface area contributed by atoms with E-state index in [0.29, 0.717) is 13.0 Å². The average Bonchev–Trinajstić information content (AvgIpc) is 3.44. The summed E-state index contributed by atoms with van der Waals surface area (Å²) in [6, 6.07) is 15.3. The van der Waals surface area contributed by atoms with E-state index in [-0.39, 0.29) is 11.9 Å². The van der Waals surface area contributed by atoms with E-state index in [1.165, 1.54) is 6.33 Å². The number of benzene rings is 2. The Balaban J connectivity index is 1.29.